The first-order valence-electron chi connectivity index (χ1n) is 9.95. The molecule has 6 unspecified atom stereocenters. The van der Waals surface area contributed by atoms with Crippen LogP contribution in [0.15, 0.2) is 65.0 Å². The second kappa shape index (κ2) is 9.06. The summed E-state index contributed by atoms with van der Waals surface area (Å²) >= 11 is 0. The van der Waals surface area contributed by atoms with Gasteiger partial charge in [0.2, 0.25) is 0 Å². The molecule has 6 atom stereocenters. The molecule has 1 fully saturated rings. The molecule has 33 heavy (non-hydrogen) atoms. The maximum atomic E-state index is 10.7. The van der Waals surface area contributed by atoms with Crippen LogP contribution in [0.25, 0.3) is 5.76 Å². The fourth-order valence-electron chi connectivity index (χ4n) is 3.65. The van der Waals surface area contributed by atoms with Gasteiger partial charge in [-0.2, -0.15) is 0 Å². The van der Waals surface area contributed by atoms with Crippen LogP contribution in [-0.4, -0.2) is 81.9 Å². The SMILES string of the molecule is COC1=C(O)C2=C(O)C=C(c3ccc(OC)cc3)OC2=CC1OC1OC(O)C(O)C(O)C1O. The van der Waals surface area contributed by atoms with Crippen molar-refractivity contribution in [2.75, 3.05) is 14.2 Å². The molecule has 0 aromatic heterocycles. The fraction of sp³-hybridized carbons (Fsp3) is 0.364. The normalized spacial score (nSPS) is 31.9. The molecule has 4 rings (SSSR count). The van der Waals surface area contributed by atoms with Crippen LogP contribution in [-0.2, 0) is 18.9 Å². The number of benzene rings is 1. The van der Waals surface area contributed by atoms with Gasteiger partial charge < -0.3 is 54.3 Å². The highest BCUT2D eigenvalue weighted by Gasteiger charge is 2.46. The summed E-state index contributed by atoms with van der Waals surface area (Å²) in [6.07, 6.45) is -7.10. The molecule has 1 saturated heterocycles. The van der Waals surface area contributed by atoms with Crippen molar-refractivity contribution in [3.63, 3.8) is 0 Å². The number of aliphatic hydroxyl groups excluding tert-OH is 6. The smallest absolute Gasteiger partial charge is 0.190 e. The van der Waals surface area contributed by atoms with Gasteiger partial charge in [0, 0.05) is 11.6 Å². The first kappa shape index (κ1) is 23.1. The second-order valence-corrected chi connectivity index (χ2v) is 7.47. The van der Waals surface area contributed by atoms with E-state index in [0.717, 1.165) is 0 Å². The van der Waals surface area contributed by atoms with E-state index in [4.69, 9.17) is 23.7 Å². The number of ether oxygens (including phenoxy) is 5. The molecular weight excluding hydrogens is 440 g/mol. The third kappa shape index (κ3) is 4.17. The lowest BCUT2D eigenvalue weighted by Gasteiger charge is -2.39. The molecule has 0 amide bonds. The molecule has 3 aliphatic rings. The third-order valence-corrected chi connectivity index (χ3v) is 5.44. The molecule has 1 aromatic rings. The van der Waals surface area contributed by atoms with Crippen LogP contribution in [0.3, 0.4) is 0 Å². The zero-order chi connectivity index (χ0) is 23.9. The predicted molar refractivity (Wildman–Crippen MR) is 110 cm³/mol. The highest BCUT2D eigenvalue weighted by atomic mass is 16.8. The fourth-order valence-corrected chi connectivity index (χ4v) is 3.65. The van der Waals surface area contributed by atoms with Gasteiger partial charge >= 0.3 is 0 Å². The van der Waals surface area contributed by atoms with E-state index in [1.54, 1.807) is 24.3 Å². The van der Waals surface area contributed by atoms with Crippen molar-refractivity contribution in [1.82, 2.24) is 0 Å². The van der Waals surface area contributed by atoms with Crippen molar-refractivity contribution in [1.29, 1.82) is 0 Å². The van der Waals surface area contributed by atoms with E-state index in [-0.39, 0.29) is 28.6 Å². The lowest BCUT2D eigenvalue weighted by Crippen LogP contribution is -2.58. The van der Waals surface area contributed by atoms with E-state index >= 15 is 0 Å². The largest absolute Gasteiger partial charge is 0.507 e. The Morgan fingerprint density at radius 2 is 1.55 bits per heavy atom. The zero-order valence-corrected chi connectivity index (χ0v) is 17.7. The highest BCUT2D eigenvalue weighted by Crippen LogP contribution is 2.40. The van der Waals surface area contributed by atoms with Crippen LogP contribution < -0.4 is 4.74 Å². The summed E-state index contributed by atoms with van der Waals surface area (Å²) < 4.78 is 26.9. The molecule has 11 nitrogen and oxygen atoms in total. The van der Waals surface area contributed by atoms with E-state index in [1.807, 2.05) is 0 Å². The summed E-state index contributed by atoms with van der Waals surface area (Å²) in [4.78, 5) is 0. The van der Waals surface area contributed by atoms with Crippen LogP contribution >= 0.6 is 0 Å². The molecule has 0 saturated carbocycles. The molecule has 11 heteroatoms. The lowest BCUT2D eigenvalue weighted by atomic mass is 9.97. The highest BCUT2D eigenvalue weighted by molar-refractivity contribution is 5.69. The number of rotatable bonds is 5. The maximum Gasteiger partial charge on any atom is 0.190 e. The summed E-state index contributed by atoms with van der Waals surface area (Å²) in [6.45, 7) is 0. The van der Waals surface area contributed by atoms with Gasteiger partial charge in [-0.1, -0.05) is 0 Å². The van der Waals surface area contributed by atoms with E-state index in [9.17, 15) is 30.6 Å². The number of aliphatic hydroxyl groups is 6. The number of hydrogen-bond acceptors (Lipinski definition) is 11. The number of methoxy groups -OCH3 is 2. The van der Waals surface area contributed by atoms with Gasteiger partial charge in [-0.25, -0.2) is 0 Å². The van der Waals surface area contributed by atoms with Crippen molar-refractivity contribution in [3.05, 3.63) is 70.6 Å². The Balaban J connectivity index is 1.65. The van der Waals surface area contributed by atoms with E-state index < -0.39 is 42.8 Å². The Morgan fingerprint density at radius 1 is 0.848 bits per heavy atom. The minimum atomic E-state index is -1.82. The van der Waals surface area contributed by atoms with Crippen molar-refractivity contribution in [2.45, 2.75) is 37.0 Å². The average Bonchev–Trinajstić information content (AvgIpc) is 2.81. The van der Waals surface area contributed by atoms with Crippen LogP contribution in [0, 0.1) is 0 Å². The average molecular weight is 464 g/mol. The van der Waals surface area contributed by atoms with Gasteiger partial charge in [0.15, 0.2) is 24.1 Å². The maximum absolute atomic E-state index is 10.7. The molecule has 0 bridgehead atoms. The quantitative estimate of drug-likeness (QED) is 0.355. The minimum absolute atomic E-state index is 0.0374. The van der Waals surface area contributed by atoms with Crippen LogP contribution in [0.1, 0.15) is 5.56 Å². The molecule has 178 valence electrons. The van der Waals surface area contributed by atoms with Gasteiger partial charge in [0.05, 0.1) is 14.2 Å². The van der Waals surface area contributed by atoms with Gasteiger partial charge in [-0.05, 0) is 30.3 Å². The predicted octanol–water partition coefficient (Wildman–Crippen LogP) is 0.334. The zero-order valence-electron chi connectivity index (χ0n) is 17.7. The van der Waals surface area contributed by atoms with Gasteiger partial charge in [-0.3, -0.25) is 0 Å². The van der Waals surface area contributed by atoms with Crippen molar-refractivity contribution < 1.29 is 54.3 Å². The van der Waals surface area contributed by atoms with Crippen LogP contribution in [0.4, 0.5) is 0 Å². The second-order valence-electron chi connectivity index (χ2n) is 7.47. The Morgan fingerprint density at radius 3 is 2.18 bits per heavy atom. The van der Waals surface area contributed by atoms with Crippen molar-refractivity contribution in [2.24, 2.45) is 0 Å². The Kier molecular flexibility index (Phi) is 6.34. The van der Waals surface area contributed by atoms with Gasteiger partial charge in [0.1, 0.15) is 53.0 Å². The summed E-state index contributed by atoms with van der Waals surface area (Å²) in [5.41, 5.74) is 0.580. The van der Waals surface area contributed by atoms with Crippen LogP contribution in [0.2, 0.25) is 0 Å². The monoisotopic (exact) mass is 464 g/mol. The first-order chi connectivity index (χ1) is 15.7. The number of hydrogen-bond donors (Lipinski definition) is 6. The molecule has 1 aliphatic carbocycles. The number of allylic oxidation sites excluding steroid dienone is 1. The first-order valence-corrected chi connectivity index (χ1v) is 9.95. The third-order valence-electron chi connectivity index (χ3n) is 5.44. The van der Waals surface area contributed by atoms with Gasteiger partial charge in [-0.15, -0.1) is 0 Å². The molecule has 0 spiro atoms. The Hall–Kier alpha value is -3.06. The van der Waals surface area contributed by atoms with E-state index in [1.165, 1.54) is 26.4 Å². The standard InChI is InChI=1S/C22H24O11/c1-29-10-5-3-9(4-6-10)12-7-11(23)15-13(31-12)8-14(20(30-2)16(15)24)32-22-19(27)17(25)18(26)21(28)33-22/h3-8,14,17-19,21-28H,1-2H3. The lowest BCUT2D eigenvalue weighted by molar-refractivity contribution is -0.344. The van der Waals surface area contributed by atoms with Gasteiger partial charge in [0.25, 0.3) is 0 Å². The summed E-state index contributed by atoms with van der Waals surface area (Å²) in [5, 5.41) is 60.8. The molecule has 2 aliphatic heterocycles. The van der Waals surface area contributed by atoms with E-state index in [2.05, 4.69) is 0 Å². The summed E-state index contributed by atoms with van der Waals surface area (Å²) in [6, 6.07) is 6.86. The molecule has 1 aromatic carbocycles. The Bertz CT molecular complexity index is 1020. The van der Waals surface area contributed by atoms with Crippen molar-refractivity contribution in [3.8, 4) is 5.75 Å². The van der Waals surface area contributed by atoms with Crippen molar-refractivity contribution >= 4 is 5.76 Å². The Labute approximate surface area is 188 Å². The minimum Gasteiger partial charge on any atom is -0.507 e. The molecule has 6 N–H and O–H groups in total. The topological polar surface area (TPSA) is 168 Å². The molecule has 0 radical (unpaired) electrons. The van der Waals surface area contributed by atoms with Crippen LogP contribution in [0.5, 0.6) is 5.75 Å². The van der Waals surface area contributed by atoms with E-state index in [0.29, 0.717) is 11.3 Å². The molecule has 2 heterocycles. The molecular formula is C22H24O11. The summed E-state index contributed by atoms with van der Waals surface area (Å²) in [7, 11) is 2.79. The number of fused-ring (bicyclic) bond motifs is 1. The summed E-state index contributed by atoms with van der Waals surface area (Å²) in [5.74, 6) is 0.0413.